The molecule has 2 aromatic heterocycles. The summed E-state index contributed by atoms with van der Waals surface area (Å²) in [5.74, 6) is -3.08. The summed E-state index contributed by atoms with van der Waals surface area (Å²) in [4.78, 5) is 13.2. The van der Waals surface area contributed by atoms with Crippen LogP contribution in [0.2, 0.25) is 5.02 Å². The molecule has 0 bridgehead atoms. The third-order valence-electron chi connectivity index (χ3n) is 4.58. The molecule has 0 spiro atoms. The third kappa shape index (κ3) is 3.74. The van der Waals surface area contributed by atoms with E-state index < -0.39 is 41.5 Å². The Labute approximate surface area is 175 Å². The summed E-state index contributed by atoms with van der Waals surface area (Å²) >= 11 is 7.47. The number of hydrogen-bond acceptors (Lipinski definition) is 4. The van der Waals surface area contributed by atoms with Gasteiger partial charge in [0.25, 0.3) is 5.91 Å². The van der Waals surface area contributed by atoms with E-state index in [2.05, 4.69) is 15.7 Å². The standard InChI is InChI=1S/C18H12ClF5N4OS/c19-14-15(17(29)26-10-4-3-8(20)6-9(10)21)27-28-13(18(22,23)24)7-11(25-16(14)28)12-2-1-5-30-12/h1-6,11,13,25H,7H2,(H,26,29)/t11-,13-/m1/s1. The van der Waals surface area contributed by atoms with Crippen LogP contribution < -0.4 is 10.6 Å². The van der Waals surface area contributed by atoms with E-state index in [-0.39, 0.29) is 22.9 Å². The second-order valence-corrected chi connectivity index (χ2v) is 7.90. The highest BCUT2D eigenvalue weighted by Crippen LogP contribution is 2.46. The Kier molecular flexibility index (Phi) is 5.18. The van der Waals surface area contributed by atoms with Crippen LogP contribution in [0.5, 0.6) is 0 Å². The molecule has 3 aromatic rings. The number of amides is 1. The molecule has 12 heteroatoms. The number of nitrogens with zero attached hydrogens (tertiary/aromatic N) is 2. The fourth-order valence-corrected chi connectivity index (χ4v) is 4.24. The maximum absolute atomic E-state index is 13.8. The Morgan fingerprint density at radius 2 is 2.07 bits per heavy atom. The minimum Gasteiger partial charge on any atom is -0.361 e. The molecule has 4 rings (SSSR count). The van der Waals surface area contributed by atoms with E-state index in [1.54, 1.807) is 17.5 Å². The lowest BCUT2D eigenvalue weighted by atomic mass is 10.0. The smallest absolute Gasteiger partial charge is 0.361 e. The number of aromatic nitrogens is 2. The molecular weight excluding hydrogens is 451 g/mol. The molecule has 1 aromatic carbocycles. The van der Waals surface area contributed by atoms with Crippen LogP contribution in [0.1, 0.15) is 33.9 Å². The third-order valence-corrected chi connectivity index (χ3v) is 5.92. The van der Waals surface area contributed by atoms with Gasteiger partial charge < -0.3 is 10.6 Å². The van der Waals surface area contributed by atoms with Gasteiger partial charge in [-0.05, 0) is 23.6 Å². The monoisotopic (exact) mass is 462 g/mol. The van der Waals surface area contributed by atoms with Crippen molar-refractivity contribution in [3.8, 4) is 0 Å². The van der Waals surface area contributed by atoms with Crippen LogP contribution in [-0.4, -0.2) is 21.9 Å². The van der Waals surface area contributed by atoms with Crippen LogP contribution in [0.25, 0.3) is 0 Å². The molecule has 0 saturated heterocycles. The van der Waals surface area contributed by atoms with Crippen molar-refractivity contribution in [2.75, 3.05) is 10.6 Å². The first-order valence-corrected chi connectivity index (χ1v) is 9.82. The molecule has 1 aliphatic rings. The second kappa shape index (κ2) is 7.55. The van der Waals surface area contributed by atoms with Gasteiger partial charge in [-0.25, -0.2) is 13.5 Å². The van der Waals surface area contributed by atoms with Crippen molar-refractivity contribution in [1.82, 2.24) is 9.78 Å². The van der Waals surface area contributed by atoms with Crippen molar-refractivity contribution in [3.63, 3.8) is 0 Å². The molecule has 0 unspecified atom stereocenters. The first-order valence-electron chi connectivity index (χ1n) is 8.56. The quantitative estimate of drug-likeness (QED) is 0.484. The molecule has 5 nitrogen and oxygen atoms in total. The fraction of sp³-hybridized carbons (Fsp3) is 0.222. The van der Waals surface area contributed by atoms with Gasteiger partial charge in [-0.3, -0.25) is 4.79 Å². The highest BCUT2D eigenvalue weighted by Gasteiger charge is 2.48. The van der Waals surface area contributed by atoms with Gasteiger partial charge in [0.1, 0.15) is 22.5 Å². The summed E-state index contributed by atoms with van der Waals surface area (Å²) in [5, 5.41) is 10.2. The van der Waals surface area contributed by atoms with E-state index in [9.17, 15) is 26.7 Å². The molecule has 3 heterocycles. The Morgan fingerprint density at radius 3 is 2.70 bits per heavy atom. The molecular formula is C18H12ClF5N4OS. The normalized spacial score (nSPS) is 18.6. The van der Waals surface area contributed by atoms with Gasteiger partial charge in [-0.1, -0.05) is 17.7 Å². The zero-order chi connectivity index (χ0) is 21.6. The summed E-state index contributed by atoms with van der Waals surface area (Å²) in [6, 6.07) is 3.18. The van der Waals surface area contributed by atoms with Crippen LogP contribution >= 0.6 is 22.9 Å². The average molecular weight is 463 g/mol. The molecule has 1 amide bonds. The number of carbonyl (C=O) groups excluding carboxylic acids is 1. The second-order valence-electron chi connectivity index (χ2n) is 6.54. The Morgan fingerprint density at radius 1 is 1.30 bits per heavy atom. The molecule has 0 radical (unpaired) electrons. The molecule has 0 saturated carbocycles. The largest absolute Gasteiger partial charge is 0.410 e. The lowest BCUT2D eigenvalue weighted by Crippen LogP contribution is -2.35. The van der Waals surface area contributed by atoms with Gasteiger partial charge >= 0.3 is 6.18 Å². The highest BCUT2D eigenvalue weighted by atomic mass is 35.5. The van der Waals surface area contributed by atoms with Crippen molar-refractivity contribution in [2.24, 2.45) is 0 Å². The number of carbonyl (C=O) groups is 1. The molecule has 1 aliphatic heterocycles. The van der Waals surface area contributed by atoms with E-state index in [1.807, 2.05) is 0 Å². The summed E-state index contributed by atoms with van der Waals surface area (Å²) in [5.41, 5.74) is -0.871. The van der Waals surface area contributed by atoms with E-state index in [1.165, 1.54) is 11.3 Å². The Hall–Kier alpha value is -2.66. The topological polar surface area (TPSA) is 59.0 Å². The van der Waals surface area contributed by atoms with Crippen LogP contribution in [0.15, 0.2) is 35.7 Å². The van der Waals surface area contributed by atoms with Crippen molar-refractivity contribution in [2.45, 2.75) is 24.7 Å². The number of thiophene rings is 1. The number of fused-ring (bicyclic) bond motifs is 1. The SMILES string of the molecule is O=C(Nc1ccc(F)cc1F)c1nn2c(c1Cl)N[C@@H](c1cccs1)C[C@@H]2C(F)(F)F. The predicted molar refractivity (Wildman–Crippen MR) is 102 cm³/mol. The number of hydrogen-bond donors (Lipinski definition) is 2. The predicted octanol–water partition coefficient (Wildman–Crippen LogP) is 5.79. The zero-order valence-electron chi connectivity index (χ0n) is 14.8. The number of rotatable bonds is 3. The van der Waals surface area contributed by atoms with Gasteiger partial charge in [0.05, 0.1) is 11.7 Å². The number of nitrogens with one attached hydrogen (secondary N) is 2. The number of alkyl halides is 3. The van der Waals surface area contributed by atoms with Crippen LogP contribution in [-0.2, 0) is 0 Å². The number of benzene rings is 1. The summed E-state index contributed by atoms with van der Waals surface area (Å²) in [7, 11) is 0. The van der Waals surface area contributed by atoms with E-state index >= 15 is 0 Å². The van der Waals surface area contributed by atoms with E-state index in [0.717, 1.165) is 12.1 Å². The van der Waals surface area contributed by atoms with Gasteiger partial charge in [0.2, 0.25) is 0 Å². The maximum Gasteiger partial charge on any atom is 0.410 e. The Bertz CT molecular complexity index is 1100. The van der Waals surface area contributed by atoms with Crippen molar-refractivity contribution in [1.29, 1.82) is 0 Å². The molecule has 0 aliphatic carbocycles. The summed E-state index contributed by atoms with van der Waals surface area (Å²) < 4.78 is 68.6. The van der Waals surface area contributed by atoms with Crippen LogP contribution in [0.4, 0.5) is 33.5 Å². The molecule has 158 valence electrons. The van der Waals surface area contributed by atoms with Gasteiger partial charge in [0.15, 0.2) is 11.7 Å². The molecule has 2 N–H and O–H groups in total. The Balaban J connectivity index is 1.70. The first kappa shape index (κ1) is 20.6. The first-order chi connectivity index (χ1) is 14.1. The van der Waals surface area contributed by atoms with Crippen LogP contribution in [0.3, 0.4) is 0 Å². The summed E-state index contributed by atoms with van der Waals surface area (Å²) in [6.45, 7) is 0. The van der Waals surface area contributed by atoms with Gasteiger partial charge in [-0.15, -0.1) is 11.3 Å². The van der Waals surface area contributed by atoms with Gasteiger partial charge in [-0.2, -0.15) is 18.3 Å². The molecule has 0 fully saturated rings. The van der Waals surface area contributed by atoms with Crippen molar-refractivity contribution < 1.29 is 26.7 Å². The van der Waals surface area contributed by atoms with Crippen molar-refractivity contribution >= 4 is 40.4 Å². The number of anilines is 2. The minimum absolute atomic E-state index is 0.159. The lowest BCUT2D eigenvalue weighted by Gasteiger charge is -2.32. The van der Waals surface area contributed by atoms with E-state index in [0.29, 0.717) is 15.6 Å². The molecule has 2 atom stereocenters. The minimum atomic E-state index is -4.64. The summed E-state index contributed by atoms with van der Waals surface area (Å²) in [6.07, 6.45) is -4.98. The van der Waals surface area contributed by atoms with Crippen LogP contribution in [0, 0.1) is 11.6 Å². The highest BCUT2D eigenvalue weighted by molar-refractivity contribution is 7.10. The average Bonchev–Trinajstić information content (AvgIpc) is 3.31. The van der Waals surface area contributed by atoms with E-state index in [4.69, 9.17) is 11.6 Å². The zero-order valence-corrected chi connectivity index (χ0v) is 16.4. The lowest BCUT2D eigenvalue weighted by molar-refractivity contribution is -0.173. The maximum atomic E-state index is 13.8. The fourth-order valence-electron chi connectivity index (χ4n) is 3.18. The van der Waals surface area contributed by atoms with Crippen molar-refractivity contribution in [3.05, 3.63) is 62.9 Å². The molecule has 30 heavy (non-hydrogen) atoms. The van der Waals surface area contributed by atoms with Gasteiger partial charge in [0, 0.05) is 17.4 Å². The number of halogens is 6.